The summed E-state index contributed by atoms with van der Waals surface area (Å²) < 4.78 is 0.753. The Balaban J connectivity index is 1.81. The Labute approximate surface area is 148 Å². The smallest absolute Gasteiger partial charge is 0.303 e. The van der Waals surface area contributed by atoms with E-state index in [1.165, 1.54) is 16.2 Å². The molecule has 1 unspecified atom stereocenters. The third-order valence-electron chi connectivity index (χ3n) is 3.87. The topological polar surface area (TPSA) is 41.8 Å². The maximum absolute atomic E-state index is 12.3. The van der Waals surface area contributed by atoms with Crippen LogP contribution in [0.15, 0.2) is 30.3 Å². The zero-order valence-electron chi connectivity index (χ0n) is 12.4. The van der Waals surface area contributed by atoms with Crippen LogP contribution in [0.2, 0.25) is 9.36 Å². The second-order valence-electron chi connectivity index (χ2n) is 5.37. The predicted molar refractivity (Wildman–Crippen MR) is 92.7 cm³/mol. The van der Waals surface area contributed by atoms with E-state index in [2.05, 4.69) is 6.92 Å². The van der Waals surface area contributed by atoms with Crippen molar-refractivity contribution in [2.45, 2.75) is 13.5 Å². The summed E-state index contributed by atoms with van der Waals surface area (Å²) in [6, 6.07) is 8.85. The molecule has 1 amide bonds. The van der Waals surface area contributed by atoms with E-state index >= 15 is 0 Å². The molecule has 1 aliphatic heterocycles. The van der Waals surface area contributed by atoms with E-state index in [0.29, 0.717) is 22.9 Å². The van der Waals surface area contributed by atoms with Crippen LogP contribution in [0.25, 0.3) is 0 Å². The van der Waals surface area contributed by atoms with Crippen molar-refractivity contribution in [3.05, 3.63) is 50.1 Å². The van der Waals surface area contributed by atoms with Crippen molar-refractivity contribution in [2.75, 3.05) is 18.1 Å². The van der Waals surface area contributed by atoms with Crippen LogP contribution in [0.5, 0.6) is 0 Å². The fourth-order valence-electron chi connectivity index (χ4n) is 2.64. The minimum Gasteiger partial charge on any atom is -0.313 e. The molecule has 120 valence electrons. The van der Waals surface area contributed by atoms with Crippen molar-refractivity contribution in [2.24, 2.45) is 0 Å². The van der Waals surface area contributed by atoms with Gasteiger partial charge in [0.1, 0.15) is 6.54 Å². The summed E-state index contributed by atoms with van der Waals surface area (Å²) in [7, 11) is 0. The highest BCUT2D eigenvalue weighted by Gasteiger charge is 2.37. The number of ketones is 1. The van der Waals surface area contributed by atoms with Crippen LogP contribution in [0.3, 0.4) is 0 Å². The Hall–Kier alpha value is -1.40. The molecule has 0 bridgehead atoms. The maximum Gasteiger partial charge on any atom is 0.303 e. The van der Waals surface area contributed by atoms with Crippen LogP contribution in [-0.2, 0) is 11.3 Å². The number of hydrogen-bond donors (Lipinski definition) is 1. The Kier molecular flexibility index (Phi) is 4.73. The van der Waals surface area contributed by atoms with E-state index in [1.807, 2.05) is 12.1 Å². The highest BCUT2D eigenvalue weighted by Crippen LogP contribution is 2.30. The van der Waals surface area contributed by atoms with Crippen LogP contribution in [-0.4, -0.2) is 24.9 Å². The number of anilines is 1. The lowest BCUT2D eigenvalue weighted by Crippen LogP contribution is -3.12. The fourth-order valence-corrected chi connectivity index (χ4v) is 3.97. The van der Waals surface area contributed by atoms with E-state index in [4.69, 9.17) is 23.2 Å². The monoisotopic (exact) mass is 369 g/mol. The molecule has 1 atom stereocenters. The van der Waals surface area contributed by atoms with E-state index in [1.54, 1.807) is 23.1 Å². The number of amides is 1. The molecule has 0 saturated carbocycles. The van der Waals surface area contributed by atoms with Gasteiger partial charge in [-0.05, 0) is 37.3 Å². The van der Waals surface area contributed by atoms with Gasteiger partial charge in [-0.15, -0.1) is 11.3 Å². The lowest BCUT2D eigenvalue weighted by molar-refractivity contribution is -0.910. The van der Waals surface area contributed by atoms with Gasteiger partial charge in [0.2, 0.25) is 0 Å². The number of benzene rings is 1. The standard InChI is InChI=1S/C16H14Cl2N2O2S/c1-2-19(8-11-4-6-14(18)23-11)9-20-13-5-3-10(17)7-12(13)15(21)16(20)22/h3-7H,2,8-9H2,1H3/p+1. The van der Waals surface area contributed by atoms with Gasteiger partial charge in [0.25, 0.3) is 5.78 Å². The van der Waals surface area contributed by atoms with E-state index in [-0.39, 0.29) is 0 Å². The van der Waals surface area contributed by atoms with Gasteiger partial charge in [-0.25, -0.2) is 0 Å². The molecular weight excluding hydrogens is 355 g/mol. The number of halogens is 2. The van der Waals surface area contributed by atoms with Crippen molar-refractivity contribution in [1.82, 2.24) is 0 Å². The van der Waals surface area contributed by atoms with Gasteiger partial charge in [0.05, 0.1) is 27.0 Å². The zero-order chi connectivity index (χ0) is 16.6. The molecule has 7 heteroatoms. The fraction of sp³-hybridized carbons (Fsp3) is 0.250. The molecule has 4 nitrogen and oxygen atoms in total. The van der Waals surface area contributed by atoms with Gasteiger partial charge in [0, 0.05) is 5.02 Å². The molecule has 0 radical (unpaired) electrons. The average molecular weight is 370 g/mol. The molecule has 1 aliphatic rings. The number of carbonyl (C=O) groups excluding carboxylic acids is 2. The first-order valence-electron chi connectivity index (χ1n) is 7.23. The lowest BCUT2D eigenvalue weighted by atomic mass is 10.1. The zero-order valence-corrected chi connectivity index (χ0v) is 14.8. The van der Waals surface area contributed by atoms with Gasteiger partial charge in [0.15, 0.2) is 6.67 Å². The van der Waals surface area contributed by atoms with Crippen LogP contribution in [0.4, 0.5) is 5.69 Å². The third-order valence-corrected chi connectivity index (χ3v) is 5.33. The molecule has 1 aromatic carbocycles. The van der Waals surface area contributed by atoms with Crippen molar-refractivity contribution in [3.8, 4) is 0 Å². The van der Waals surface area contributed by atoms with E-state index in [9.17, 15) is 9.59 Å². The molecule has 1 aromatic heterocycles. The SMILES string of the molecule is CC[NH+](Cc1ccc(Cl)s1)CN1C(=O)C(=O)c2cc(Cl)ccc21. The van der Waals surface area contributed by atoms with Crippen LogP contribution >= 0.6 is 34.5 Å². The summed E-state index contributed by atoms with van der Waals surface area (Å²) in [5, 5.41) is 0.458. The minimum atomic E-state index is -0.489. The number of thiophene rings is 1. The first-order chi connectivity index (χ1) is 11.0. The number of nitrogens with one attached hydrogen (secondary N) is 1. The largest absolute Gasteiger partial charge is 0.313 e. The van der Waals surface area contributed by atoms with Gasteiger partial charge >= 0.3 is 5.91 Å². The number of rotatable bonds is 5. The molecular formula is C16H15Cl2N2O2S+. The lowest BCUT2D eigenvalue weighted by Gasteiger charge is -2.23. The molecule has 2 aromatic rings. The van der Waals surface area contributed by atoms with Crippen molar-refractivity contribution in [3.63, 3.8) is 0 Å². The first-order valence-corrected chi connectivity index (χ1v) is 8.80. The number of quaternary nitrogens is 1. The summed E-state index contributed by atoms with van der Waals surface area (Å²) in [6.45, 7) is 4.08. The molecule has 2 heterocycles. The summed E-state index contributed by atoms with van der Waals surface area (Å²) in [6.07, 6.45) is 0. The van der Waals surface area contributed by atoms with Crippen molar-refractivity contribution in [1.29, 1.82) is 0 Å². The Morgan fingerprint density at radius 3 is 2.61 bits per heavy atom. The number of nitrogens with zero attached hydrogens (tertiary/aromatic N) is 1. The maximum atomic E-state index is 12.3. The molecule has 0 fully saturated rings. The van der Waals surface area contributed by atoms with E-state index < -0.39 is 11.7 Å². The van der Waals surface area contributed by atoms with Crippen molar-refractivity contribution >= 4 is 51.9 Å². The molecule has 1 N–H and O–H groups in total. The van der Waals surface area contributed by atoms with Crippen LogP contribution in [0, 0.1) is 0 Å². The number of hydrogen-bond acceptors (Lipinski definition) is 3. The highest BCUT2D eigenvalue weighted by atomic mass is 35.5. The predicted octanol–water partition coefficient (Wildman–Crippen LogP) is 2.65. The van der Waals surface area contributed by atoms with Crippen molar-refractivity contribution < 1.29 is 14.5 Å². The molecule has 3 rings (SSSR count). The van der Waals surface area contributed by atoms with Crippen LogP contribution < -0.4 is 9.80 Å². The highest BCUT2D eigenvalue weighted by molar-refractivity contribution is 7.16. The Morgan fingerprint density at radius 1 is 1.17 bits per heavy atom. The Bertz CT molecular complexity index is 775. The first kappa shape index (κ1) is 16.5. The molecule has 23 heavy (non-hydrogen) atoms. The molecule has 0 spiro atoms. The average Bonchev–Trinajstić information content (AvgIpc) is 3.03. The number of fused-ring (bicyclic) bond motifs is 1. The summed E-state index contributed by atoms with van der Waals surface area (Å²) in [4.78, 5) is 28.3. The van der Waals surface area contributed by atoms with Gasteiger partial charge < -0.3 is 4.90 Å². The van der Waals surface area contributed by atoms with Gasteiger partial charge in [-0.3, -0.25) is 14.5 Å². The van der Waals surface area contributed by atoms with Gasteiger partial charge in [-0.1, -0.05) is 23.2 Å². The minimum absolute atomic E-state index is 0.386. The normalized spacial score (nSPS) is 15.2. The van der Waals surface area contributed by atoms with E-state index in [0.717, 1.165) is 22.3 Å². The number of carbonyl (C=O) groups is 2. The second-order valence-corrected chi connectivity index (χ2v) is 7.60. The summed E-state index contributed by atoms with van der Waals surface area (Å²) in [5.74, 6) is -0.977. The Morgan fingerprint density at radius 2 is 1.96 bits per heavy atom. The number of Topliss-reactive ketones (excluding diaryl/α,β-unsaturated/α-hetero) is 1. The summed E-state index contributed by atoms with van der Waals surface area (Å²) >= 11 is 13.4. The molecule has 0 aliphatic carbocycles. The summed E-state index contributed by atoms with van der Waals surface area (Å²) in [5.41, 5.74) is 1.02. The third kappa shape index (κ3) is 3.28. The van der Waals surface area contributed by atoms with Crippen LogP contribution in [0.1, 0.15) is 22.2 Å². The molecule has 0 saturated heterocycles. The van der Waals surface area contributed by atoms with Gasteiger partial charge in [-0.2, -0.15) is 0 Å². The quantitative estimate of drug-likeness (QED) is 0.823. The second kappa shape index (κ2) is 6.61.